The first-order valence-electron chi connectivity index (χ1n) is 6.04. The number of aliphatic carboxylic acids is 1. The van der Waals surface area contributed by atoms with Crippen LogP contribution in [0, 0.1) is 0 Å². The summed E-state index contributed by atoms with van der Waals surface area (Å²) in [5, 5.41) is 8.86. The molecule has 5 nitrogen and oxygen atoms in total. The first kappa shape index (κ1) is 14.0. The molecule has 1 aliphatic rings. The molecule has 0 aliphatic carbocycles. The second-order valence-electron chi connectivity index (χ2n) is 4.38. The van der Waals surface area contributed by atoms with E-state index in [1.54, 1.807) is 24.9 Å². The minimum Gasteiger partial charge on any atom is -0.496 e. The zero-order valence-electron chi connectivity index (χ0n) is 10.7. The highest BCUT2D eigenvalue weighted by atomic mass is 32.2. The van der Waals surface area contributed by atoms with Gasteiger partial charge in [-0.25, -0.2) is 4.79 Å². The third kappa shape index (κ3) is 3.54. The zero-order chi connectivity index (χ0) is 13.8. The average Bonchev–Trinajstić information content (AvgIpc) is 2.86. The lowest BCUT2D eigenvalue weighted by Gasteiger charge is -2.13. The van der Waals surface area contributed by atoms with Crippen LogP contribution in [-0.4, -0.2) is 36.1 Å². The summed E-state index contributed by atoms with van der Waals surface area (Å²) in [6.07, 6.45) is 0.688. The smallest absolute Gasteiger partial charge is 0.332 e. The Balaban J connectivity index is 1.91. The van der Waals surface area contributed by atoms with Gasteiger partial charge in [0, 0.05) is 22.4 Å². The van der Waals surface area contributed by atoms with Crippen molar-refractivity contribution in [3.63, 3.8) is 0 Å². The predicted molar refractivity (Wildman–Crippen MR) is 73.7 cm³/mol. The molecule has 1 aromatic rings. The third-order valence-electron chi connectivity index (χ3n) is 3.00. The number of hydrogen-bond acceptors (Lipinski definition) is 5. The van der Waals surface area contributed by atoms with E-state index >= 15 is 0 Å². The van der Waals surface area contributed by atoms with Crippen LogP contribution in [0.1, 0.15) is 12.8 Å². The third-order valence-corrected chi connectivity index (χ3v) is 4.18. The van der Waals surface area contributed by atoms with Crippen molar-refractivity contribution in [3.8, 4) is 5.75 Å². The van der Waals surface area contributed by atoms with Crippen molar-refractivity contribution >= 4 is 23.4 Å². The molecule has 1 saturated heterocycles. The highest BCUT2D eigenvalue weighted by Gasteiger charge is 2.30. The molecule has 0 amide bonds. The van der Waals surface area contributed by atoms with Gasteiger partial charge in [0.25, 0.3) is 0 Å². The summed E-state index contributed by atoms with van der Waals surface area (Å²) in [6, 6.07) is 5.50. The molecule has 19 heavy (non-hydrogen) atoms. The molecule has 1 aromatic carbocycles. The number of thioether (sulfide) groups is 1. The van der Waals surface area contributed by atoms with Crippen molar-refractivity contribution in [3.05, 3.63) is 18.2 Å². The second kappa shape index (κ2) is 6.16. The Morgan fingerprint density at radius 1 is 1.58 bits per heavy atom. The van der Waals surface area contributed by atoms with E-state index in [-0.39, 0.29) is 6.10 Å². The van der Waals surface area contributed by atoms with Gasteiger partial charge in [-0.05, 0) is 25.0 Å². The number of methoxy groups -OCH3 is 1. The molecule has 1 aliphatic heterocycles. The molecule has 1 heterocycles. The molecule has 104 valence electrons. The van der Waals surface area contributed by atoms with Crippen LogP contribution in [0.2, 0.25) is 0 Å². The highest BCUT2D eigenvalue weighted by molar-refractivity contribution is 7.99. The van der Waals surface area contributed by atoms with Crippen LogP contribution in [-0.2, 0) is 9.53 Å². The van der Waals surface area contributed by atoms with Gasteiger partial charge in [-0.3, -0.25) is 0 Å². The number of nitrogen functional groups attached to an aromatic ring is 1. The number of anilines is 1. The van der Waals surface area contributed by atoms with Gasteiger partial charge in [-0.1, -0.05) is 0 Å². The monoisotopic (exact) mass is 283 g/mol. The molecule has 0 aromatic heterocycles. The number of benzene rings is 1. The van der Waals surface area contributed by atoms with E-state index in [0.717, 1.165) is 17.1 Å². The predicted octanol–water partition coefficient (Wildman–Crippen LogP) is 2.00. The molecular weight excluding hydrogens is 266 g/mol. The first-order valence-corrected chi connectivity index (χ1v) is 7.03. The maximum Gasteiger partial charge on any atom is 0.332 e. The van der Waals surface area contributed by atoms with Gasteiger partial charge >= 0.3 is 5.97 Å². The van der Waals surface area contributed by atoms with Gasteiger partial charge in [0.2, 0.25) is 0 Å². The molecule has 2 unspecified atom stereocenters. The fraction of sp³-hybridized carbons (Fsp3) is 0.462. The Morgan fingerprint density at radius 2 is 2.37 bits per heavy atom. The van der Waals surface area contributed by atoms with Crippen LogP contribution in [0.3, 0.4) is 0 Å². The summed E-state index contributed by atoms with van der Waals surface area (Å²) in [4.78, 5) is 11.8. The van der Waals surface area contributed by atoms with Gasteiger partial charge in [0.05, 0.1) is 13.2 Å². The van der Waals surface area contributed by atoms with Gasteiger partial charge in [0.1, 0.15) is 5.75 Å². The Morgan fingerprint density at radius 3 is 3.00 bits per heavy atom. The summed E-state index contributed by atoms with van der Waals surface area (Å²) in [5.41, 5.74) is 6.35. The largest absolute Gasteiger partial charge is 0.496 e. The molecule has 3 N–H and O–H groups in total. The molecule has 0 bridgehead atoms. The van der Waals surface area contributed by atoms with Crippen LogP contribution in [0.4, 0.5) is 5.69 Å². The summed E-state index contributed by atoms with van der Waals surface area (Å²) >= 11 is 1.59. The van der Waals surface area contributed by atoms with E-state index in [9.17, 15) is 4.79 Å². The summed E-state index contributed by atoms with van der Waals surface area (Å²) < 4.78 is 10.7. The topological polar surface area (TPSA) is 81.8 Å². The van der Waals surface area contributed by atoms with E-state index in [2.05, 4.69) is 0 Å². The van der Waals surface area contributed by atoms with Gasteiger partial charge in [0.15, 0.2) is 6.10 Å². The molecule has 1 fully saturated rings. The van der Waals surface area contributed by atoms with Gasteiger partial charge in [-0.2, -0.15) is 0 Å². The first-order chi connectivity index (χ1) is 9.10. The quantitative estimate of drug-likeness (QED) is 0.635. The van der Waals surface area contributed by atoms with Gasteiger partial charge in [-0.15, -0.1) is 11.8 Å². The maximum atomic E-state index is 10.8. The lowest BCUT2D eigenvalue weighted by Crippen LogP contribution is -2.21. The Labute approximate surface area is 116 Å². The van der Waals surface area contributed by atoms with Crippen LogP contribution < -0.4 is 10.5 Å². The van der Waals surface area contributed by atoms with E-state index in [4.69, 9.17) is 20.3 Å². The number of carboxylic acids is 1. The minimum absolute atomic E-state index is 0.0200. The van der Waals surface area contributed by atoms with Crippen LogP contribution in [0.15, 0.2) is 23.1 Å². The van der Waals surface area contributed by atoms with Gasteiger partial charge < -0.3 is 20.3 Å². The number of carbonyl (C=O) groups is 1. The molecule has 0 saturated carbocycles. The number of nitrogens with two attached hydrogens (primary N) is 1. The number of ether oxygens (including phenoxy) is 2. The highest BCUT2D eigenvalue weighted by Crippen LogP contribution is 2.33. The van der Waals surface area contributed by atoms with Crippen LogP contribution >= 0.6 is 11.8 Å². The fourth-order valence-electron chi connectivity index (χ4n) is 2.00. The summed E-state index contributed by atoms with van der Waals surface area (Å²) in [6.45, 7) is 0. The Hall–Kier alpha value is -1.40. The Bertz CT molecular complexity index is 466. The maximum absolute atomic E-state index is 10.8. The van der Waals surface area contributed by atoms with Crippen LogP contribution in [0.25, 0.3) is 0 Å². The number of rotatable bonds is 5. The summed E-state index contributed by atoms with van der Waals surface area (Å²) in [5.74, 6) is 0.569. The van der Waals surface area contributed by atoms with E-state index in [0.29, 0.717) is 17.9 Å². The standard InChI is InChI=1S/C13H17NO4S/c1-17-11-6-8(14)2-5-12(11)19-7-9-3-4-10(18-9)13(15)16/h2,5-6,9-10H,3-4,7,14H2,1H3,(H,15,16). The van der Waals surface area contributed by atoms with E-state index in [1.807, 2.05) is 12.1 Å². The van der Waals surface area contributed by atoms with Crippen molar-refractivity contribution in [1.29, 1.82) is 0 Å². The molecule has 0 radical (unpaired) electrons. The van der Waals surface area contributed by atoms with Crippen LogP contribution in [0.5, 0.6) is 5.75 Å². The summed E-state index contributed by atoms with van der Waals surface area (Å²) in [7, 11) is 1.60. The Kier molecular flexibility index (Phi) is 4.55. The molecule has 6 heteroatoms. The lowest BCUT2D eigenvalue weighted by atomic mass is 10.2. The number of carboxylic acid groups (broad SMARTS) is 1. The van der Waals surface area contributed by atoms with Crippen molar-refractivity contribution in [2.75, 3.05) is 18.6 Å². The van der Waals surface area contributed by atoms with Crippen molar-refractivity contribution in [2.45, 2.75) is 29.9 Å². The van der Waals surface area contributed by atoms with E-state index in [1.165, 1.54) is 0 Å². The lowest BCUT2D eigenvalue weighted by molar-refractivity contribution is -0.148. The minimum atomic E-state index is -0.877. The zero-order valence-corrected chi connectivity index (χ0v) is 11.5. The van der Waals surface area contributed by atoms with Crippen molar-refractivity contribution < 1.29 is 19.4 Å². The van der Waals surface area contributed by atoms with E-state index < -0.39 is 12.1 Å². The second-order valence-corrected chi connectivity index (χ2v) is 5.45. The SMILES string of the molecule is COc1cc(N)ccc1SCC1CCC(C(=O)O)O1. The van der Waals surface area contributed by atoms with Crippen molar-refractivity contribution in [2.24, 2.45) is 0 Å². The number of hydrogen-bond donors (Lipinski definition) is 2. The molecular formula is C13H17NO4S. The average molecular weight is 283 g/mol. The normalized spacial score (nSPS) is 22.4. The molecule has 2 rings (SSSR count). The fourth-order valence-corrected chi connectivity index (χ4v) is 3.06. The molecule has 2 atom stereocenters. The van der Waals surface area contributed by atoms with Crippen molar-refractivity contribution in [1.82, 2.24) is 0 Å². The molecule has 0 spiro atoms.